The number of pyridine rings is 1. The number of hydrogen-bond donors (Lipinski definition) is 1. The zero-order valence-corrected chi connectivity index (χ0v) is 21.1. The summed E-state index contributed by atoms with van der Waals surface area (Å²) in [7, 11) is -3.99. The molecule has 5 aromatic rings. The molecule has 0 unspecified atom stereocenters. The third-order valence-corrected chi connectivity index (χ3v) is 9.20. The second kappa shape index (κ2) is 9.03. The minimum absolute atomic E-state index is 0.0603. The Morgan fingerprint density at radius 3 is 2.68 bits per heavy atom. The molecule has 0 fully saturated rings. The molecule has 1 N–H and O–H groups in total. The van der Waals surface area contributed by atoms with Crippen LogP contribution in [0.25, 0.3) is 21.9 Å². The maximum atomic E-state index is 14.0. The molecule has 5 rings (SSSR count). The molecule has 0 spiro atoms. The minimum Gasteiger partial charge on any atom is -0.322 e. The lowest BCUT2D eigenvalue weighted by molar-refractivity contribution is 0.403. The zero-order chi connectivity index (χ0) is 23.9. The van der Waals surface area contributed by atoms with Crippen molar-refractivity contribution < 1.29 is 8.42 Å². The van der Waals surface area contributed by atoms with Crippen LogP contribution in [0.15, 0.2) is 63.6 Å². The molecule has 0 aliphatic rings. The molecule has 3 aromatic heterocycles. The highest BCUT2D eigenvalue weighted by molar-refractivity contribution is 7.89. The predicted octanol–water partition coefficient (Wildman–Crippen LogP) is 4.86. The Kier molecular flexibility index (Phi) is 6.07. The molecule has 0 bridgehead atoms. The van der Waals surface area contributed by atoms with Crippen molar-refractivity contribution in [2.45, 2.75) is 38.3 Å². The maximum Gasteiger partial charge on any atom is 0.252 e. The molecule has 0 saturated carbocycles. The molecule has 34 heavy (non-hydrogen) atoms. The Labute approximate surface area is 205 Å². The summed E-state index contributed by atoms with van der Waals surface area (Å²) in [5.41, 5.74) is 3.47. The molecule has 174 valence electrons. The number of aromatic nitrogens is 3. The fourth-order valence-corrected chi connectivity index (χ4v) is 7.16. The zero-order valence-electron chi connectivity index (χ0n) is 18.6. The van der Waals surface area contributed by atoms with E-state index in [1.807, 2.05) is 35.7 Å². The largest absolute Gasteiger partial charge is 0.322 e. The van der Waals surface area contributed by atoms with E-state index in [0.29, 0.717) is 22.2 Å². The van der Waals surface area contributed by atoms with Gasteiger partial charge in [-0.1, -0.05) is 25.1 Å². The Morgan fingerprint density at radius 1 is 1.06 bits per heavy atom. The molecule has 0 aliphatic heterocycles. The first-order valence-electron chi connectivity index (χ1n) is 10.8. The number of hydrogen-bond acceptors (Lipinski definition) is 7. The predicted molar refractivity (Wildman–Crippen MR) is 137 cm³/mol. The highest BCUT2D eigenvalue weighted by Crippen LogP contribution is 2.30. The van der Waals surface area contributed by atoms with E-state index in [0.717, 1.165) is 39.5 Å². The van der Waals surface area contributed by atoms with Crippen LogP contribution in [-0.2, 0) is 29.5 Å². The van der Waals surface area contributed by atoms with E-state index < -0.39 is 10.0 Å². The van der Waals surface area contributed by atoms with Gasteiger partial charge in [0.15, 0.2) is 0 Å². The Hall–Kier alpha value is -2.92. The third-order valence-electron chi connectivity index (χ3n) is 5.83. The normalized spacial score (nSPS) is 12.2. The summed E-state index contributed by atoms with van der Waals surface area (Å²) in [6.45, 7) is 3.92. The van der Waals surface area contributed by atoms with E-state index in [9.17, 15) is 13.2 Å². The maximum absolute atomic E-state index is 14.0. The van der Waals surface area contributed by atoms with Gasteiger partial charge in [0.1, 0.15) is 15.9 Å². The van der Waals surface area contributed by atoms with Gasteiger partial charge in [-0.25, -0.2) is 8.42 Å². The van der Waals surface area contributed by atoms with E-state index in [1.54, 1.807) is 25.1 Å². The number of sulfonamides is 1. The number of benzene rings is 2. The van der Waals surface area contributed by atoms with E-state index in [-0.39, 0.29) is 23.5 Å². The summed E-state index contributed by atoms with van der Waals surface area (Å²) in [5.74, 6) is 0. The smallest absolute Gasteiger partial charge is 0.252 e. The molecule has 0 saturated heterocycles. The SMILES string of the molecule is CCc1ccc2[nH]c(=O)c(CN(Cc3cccs3)S(=O)(=O)c3c(C)ccc4nsnc34)cc2c1. The lowest BCUT2D eigenvalue weighted by Gasteiger charge is -2.23. The van der Waals surface area contributed by atoms with E-state index in [1.165, 1.54) is 15.6 Å². The van der Waals surface area contributed by atoms with Gasteiger partial charge in [0.05, 0.1) is 11.7 Å². The Morgan fingerprint density at radius 2 is 1.91 bits per heavy atom. The van der Waals surface area contributed by atoms with Gasteiger partial charge in [-0.05, 0) is 65.6 Å². The topological polar surface area (TPSA) is 96.0 Å². The number of aromatic amines is 1. The second-order valence-corrected chi connectivity index (χ2v) is 11.5. The van der Waals surface area contributed by atoms with Crippen molar-refractivity contribution in [1.82, 2.24) is 18.0 Å². The van der Waals surface area contributed by atoms with E-state index in [4.69, 9.17) is 0 Å². The quantitative estimate of drug-likeness (QED) is 0.337. The van der Waals surface area contributed by atoms with Crippen LogP contribution in [0.3, 0.4) is 0 Å². The standard InChI is InChI=1S/C24H22N4O3S3/c1-3-16-7-9-20-17(11-16)12-18(24(29)25-20)13-28(14-19-5-4-10-32-19)34(30,31)23-15(2)6-8-21-22(23)27-33-26-21/h4-12H,3,13-14H2,1-2H3,(H,25,29). The number of nitrogens with one attached hydrogen (secondary N) is 1. The molecule has 0 radical (unpaired) electrons. The van der Waals surface area contributed by atoms with Crippen molar-refractivity contribution in [2.75, 3.05) is 0 Å². The first-order valence-corrected chi connectivity index (χ1v) is 13.8. The molecule has 0 atom stereocenters. The van der Waals surface area contributed by atoms with Gasteiger partial charge >= 0.3 is 0 Å². The molecular weight excluding hydrogens is 488 g/mol. The van der Waals surface area contributed by atoms with Crippen LogP contribution in [0.2, 0.25) is 0 Å². The Bertz CT molecular complexity index is 1650. The van der Waals surface area contributed by atoms with Gasteiger partial charge in [0.25, 0.3) is 5.56 Å². The summed E-state index contributed by atoms with van der Waals surface area (Å²) in [4.78, 5) is 16.9. The van der Waals surface area contributed by atoms with Crippen molar-refractivity contribution >= 4 is 55.0 Å². The van der Waals surface area contributed by atoms with Crippen molar-refractivity contribution in [3.63, 3.8) is 0 Å². The number of H-pyrrole nitrogens is 1. The highest BCUT2D eigenvalue weighted by Gasteiger charge is 2.31. The van der Waals surface area contributed by atoms with Crippen LogP contribution in [0, 0.1) is 6.92 Å². The number of thiophene rings is 1. The van der Waals surface area contributed by atoms with Crippen LogP contribution < -0.4 is 5.56 Å². The number of rotatable bonds is 7. The summed E-state index contributed by atoms with van der Waals surface area (Å²) in [6, 6.07) is 15.0. The number of fused-ring (bicyclic) bond motifs is 2. The van der Waals surface area contributed by atoms with Crippen LogP contribution in [0.4, 0.5) is 0 Å². The minimum atomic E-state index is -3.99. The molecule has 7 nitrogen and oxygen atoms in total. The van der Waals surface area contributed by atoms with E-state index in [2.05, 4.69) is 20.7 Å². The van der Waals surface area contributed by atoms with Gasteiger partial charge in [-0.15, -0.1) is 11.3 Å². The van der Waals surface area contributed by atoms with Gasteiger partial charge < -0.3 is 4.98 Å². The number of aryl methyl sites for hydroxylation is 2. The van der Waals surface area contributed by atoms with Crippen molar-refractivity contribution in [3.8, 4) is 0 Å². The van der Waals surface area contributed by atoms with Gasteiger partial charge in [0.2, 0.25) is 10.0 Å². The lowest BCUT2D eigenvalue weighted by atomic mass is 10.1. The van der Waals surface area contributed by atoms with E-state index >= 15 is 0 Å². The van der Waals surface area contributed by atoms with Gasteiger partial charge in [-0.2, -0.15) is 13.1 Å². The van der Waals surface area contributed by atoms with Gasteiger partial charge in [0, 0.05) is 29.0 Å². The average Bonchev–Trinajstić information content (AvgIpc) is 3.50. The van der Waals surface area contributed by atoms with Crippen LogP contribution >= 0.6 is 23.1 Å². The molecule has 2 aromatic carbocycles. The molecule has 0 aliphatic carbocycles. The van der Waals surface area contributed by atoms with Crippen molar-refractivity contribution in [3.05, 3.63) is 85.8 Å². The first kappa shape index (κ1) is 22.9. The first-order chi connectivity index (χ1) is 16.4. The second-order valence-electron chi connectivity index (χ2n) is 8.09. The van der Waals surface area contributed by atoms with Crippen LogP contribution in [-0.4, -0.2) is 26.5 Å². The molecule has 10 heteroatoms. The molecule has 0 amide bonds. The lowest BCUT2D eigenvalue weighted by Crippen LogP contribution is -2.33. The molecule has 3 heterocycles. The highest BCUT2D eigenvalue weighted by atomic mass is 32.2. The van der Waals surface area contributed by atoms with Crippen molar-refractivity contribution in [1.29, 1.82) is 0 Å². The fraction of sp³-hybridized carbons (Fsp3) is 0.208. The molecular formula is C24H22N4O3S3. The summed E-state index contributed by atoms with van der Waals surface area (Å²) in [5, 5.41) is 2.79. The summed E-state index contributed by atoms with van der Waals surface area (Å²) in [6.07, 6.45) is 0.869. The fourth-order valence-electron chi connectivity index (χ4n) is 4.01. The summed E-state index contributed by atoms with van der Waals surface area (Å²) < 4.78 is 37.9. The van der Waals surface area contributed by atoms with Crippen LogP contribution in [0.1, 0.15) is 28.5 Å². The monoisotopic (exact) mass is 510 g/mol. The van der Waals surface area contributed by atoms with Crippen LogP contribution in [0.5, 0.6) is 0 Å². The average molecular weight is 511 g/mol. The van der Waals surface area contributed by atoms with Gasteiger partial charge in [-0.3, -0.25) is 4.79 Å². The van der Waals surface area contributed by atoms with Crippen molar-refractivity contribution in [2.24, 2.45) is 0 Å². The Balaban J connectivity index is 1.63. The summed E-state index contributed by atoms with van der Waals surface area (Å²) >= 11 is 2.46. The third kappa shape index (κ3) is 4.18. The number of nitrogens with zero attached hydrogens (tertiary/aromatic N) is 3.